The van der Waals surface area contributed by atoms with Crippen LogP contribution in [0.3, 0.4) is 0 Å². The molecule has 192 valence electrons. The van der Waals surface area contributed by atoms with Crippen LogP contribution in [0.1, 0.15) is 16.8 Å². The molecule has 0 bridgehead atoms. The summed E-state index contributed by atoms with van der Waals surface area (Å²) in [7, 11) is 0. The molecule has 12 heteroatoms. The van der Waals surface area contributed by atoms with Gasteiger partial charge in [0.05, 0.1) is 17.9 Å². The van der Waals surface area contributed by atoms with Crippen molar-refractivity contribution in [3.8, 4) is 40.5 Å². The SMILES string of the molecule is N#Cc1c(N)nc(SCc2coc(-c3ccc(F)c(F)c3)n2)c(C#N)c1-c1ccc(OC[C@H](O)CO)cc1. The van der Waals surface area contributed by atoms with E-state index in [1.165, 1.54) is 12.3 Å². The van der Waals surface area contributed by atoms with Crippen LogP contribution in [-0.2, 0) is 5.75 Å². The highest BCUT2D eigenvalue weighted by Gasteiger charge is 2.21. The molecular weight excluding hydrogens is 516 g/mol. The smallest absolute Gasteiger partial charge is 0.226 e. The van der Waals surface area contributed by atoms with E-state index in [0.717, 1.165) is 23.9 Å². The summed E-state index contributed by atoms with van der Waals surface area (Å²) < 4.78 is 37.6. The first-order chi connectivity index (χ1) is 18.3. The molecule has 2 heterocycles. The average molecular weight is 536 g/mol. The first-order valence-electron chi connectivity index (χ1n) is 11.0. The van der Waals surface area contributed by atoms with E-state index in [4.69, 9.17) is 20.0 Å². The molecule has 0 spiro atoms. The number of benzene rings is 2. The number of anilines is 1. The van der Waals surface area contributed by atoms with Gasteiger partial charge in [-0.25, -0.2) is 18.7 Å². The Hall–Kier alpha value is -4.49. The lowest BCUT2D eigenvalue weighted by Crippen LogP contribution is -2.21. The number of thioether (sulfide) groups is 1. The van der Waals surface area contributed by atoms with Crippen LogP contribution in [-0.4, -0.2) is 39.5 Å². The second-order valence-corrected chi connectivity index (χ2v) is 8.85. The number of aromatic nitrogens is 2. The number of nitriles is 2. The Morgan fingerprint density at radius 1 is 1.03 bits per heavy atom. The molecule has 4 N–H and O–H groups in total. The van der Waals surface area contributed by atoms with E-state index in [2.05, 4.69) is 16.0 Å². The Kier molecular flexibility index (Phi) is 8.19. The van der Waals surface area contributed by atoms with Gasteiger partial charge in [0.1, 0.15) is 53.3 Å². The molecule has 0 radical (unpaired) electrons. The van der Waals surface area contributed by atoms with Crippen molar-refractivity contribution in [3.63, 3.8) is 0 Å². The van der Waals surface area contributed by atoms with Gasteiger partial charge in [-0.1, -0.05) is 23.9 Å². The number of halogens is 2. The molecule has 0 aliphatic carbocycles. The van der Waals surface area contributed by atoms with E-state index in [1.54, 1.807) is 24.3 Å². The van der Waals surface area contributed by atoms with Crippen LogP contribution in [0, 0.1) is 34.3 Å². The molecule has 2 aromatic carbocycles. The van der Waals surface area contributed by atoms with Crippen molar-refractivity contribution in [3.05, 3.63) is 77.2 Å². The molecule has 2 aromatic heterocycles. The van der Waals surface area contributed by atoms with E-state index in [9.17, 15) is 24.4 Å². The van der Waals surface area contributed by atoms with E-state index in [1.807, 2.05) is 6.07 Å². The van der Waals surface area contributed by atoms with Crippen LogP contribution < -0.4 is 10.5 Å². The minimum absolute atomic E-state index is 0.0392. The number of ether oxygens (including phenoxy) is 1. The van der Waals surface area contributed by atoms with Crippen LogP contribution in [0.2, 0.25) is 0 Å². The van der Waals surface area contributed by atoms with E-state index >= 15 is 0 Å². The number of pyridine rings is 1. The summed E-state index contributed by atoms with van der Waals surface area (Å²) in [5.41, 5.74) is 7.77. The van der Waals surface area contributed by atoms with Gasteiger partial charge in [-0.15, -0.1) is 0 Å². The molecule has 38 heavy (non-hydrogen) atoms. The summed E-state index contributed by atoms with van der Waals surface area (Å²) in [5, 5.41) is 38.3. The van der Waals surface area contributed by atoms with Crippen molar-refractivity contribution in [1.82, 2.24) is 9.97 Å². The number of nitrogen functional groups attached to an aromatic ring is 1. The van der Waals surface area contributed by atoms with Gasteiger partial charge in [-0.3, -0.25) is 0 Å². The molecule has 4 aromatic rings. The zero-order valence-electron chi connectivity index (χ0n) is 19.6. The maximum absolute atomic E-state index is 13.6. The monoisotopic (exact) mass is 535 g/mol. The summed E-state index contributed by atoms with van der Waals surface area (Å²) in [6, 6.07) is 13.9. The summed E-state index contributed by atoms with van der Waals surface area (Å²) >= 11 is 1.14. The molecule has 4 rings (SSSR count). The molecule has 9 nitrogen and oxygen atoms in total. The maximum Gasteiger partial charge on any atom is 0.226 e. The van der Waals surface area contributed by atoms with Crippen molar-refractivity contribution in [2.45, 2.75) is 16.9 Å². The lowest BCUT2D eigenvalue weighted by atomic mass is 9.97. The largest absolute Gasteiger partial charge is 0.491 e. The zero-order chi connectivity index (χ0) is 27.2. The number of nitrogens with two attached hydrogens (primary N) is 1. The first-order valence-corrected chi connectivity index (χ1v) is 12.0. The molecule has 1 atom stereocenters. The van der Waals surface area contributed by atoms with Crippen LogP contribution in [0.5, 0.6) is 5.75 Å². The van der Waals surface area contributed by atoms with Crippen molar-refractivity contribution >= 4 is 17.6 Å². The number of hydrogen-bond donors (Lipinski definition) is 3. The van der Waals surface area contributed by atoms with Crippen molar-refractivity contribution in [2.24, 2.45) is 0 Å². The molecule has 0 aliphatic heterocycles. The first kappa shape index (κ1) is 26.6. The van der Waals surface area contributed by atoms with E-state index in [0.29, 0.717) is 22.6 Å². The highest BCUT2D eigenvalue weighted by atomic mass is 32.2. The maximum atomic E-state index is 13.6. The highest BCUT2D eigenvalue weighted by Crippen LogP contribution is 2.37. The van der Waals surface area contributed by atoms with Crippen LogP contribution in [0.15, 0.2) is 58.2 Å². The van der Waals surface area contributed by atoms with Gasteiger partial charge >= 0.3 is 0 Å². The second kappa shape index (κ2) is 11.7. The number of hydrogen-bond acceptors (Lipinski definition) is 10. The fraction of sp³-hybridized carbons (Fsp3) is 0.154. The van der Waals surface area contributed by atoms with Crippen LogP contribution >= 0.6 is 11.8 Å². The molecule has 0 unspecified atom stereocenters. The van der Waals surface area contributed by atoms with Crippen molar-refractivity contribution < 1.29 is 28.1 Å². The van der Waals surface area contributed by atoms with E-state index in [-0.39, 0.29) is 45.8 Å². The Balaban J connectivity index is 1.60. The number of rotatable bonds is 9. The average Bonchev–Trinajstić information content (AvgIpc) is 3.41. The Morgan fingerprint density at radius 3 is 2.39 bits per heavy atom. The van der Waals surface area contributed by atoms with E-state index < -0.39 is 24.3 Å². The predicted molar refractivity (Wildman–Crippen MR) is 134 cm³/mol. The fourth-order valence-corrected chi connectivity index (χ4v) is 4.30. The third-order valence-corrected chi connectivity index (χ3v) is 6.30. The number of nitrogens with zero attached hydrogens (tertiary/aromatic N) is 4. The standard InChI is InChI=1S/C26H19F2N5O4S/c27-21-6-3-15(7-22(21)28)25-32-16(11-37-25)13-38-26-20(9-30)23(19(8-29)24(31)33-26)14-1-4-18(5-2-14)36-12-17(35)10-34/h1-7,11,17,34-35H,10,12-13H2,(H2,31,33)/t17-/m1/s1. The molecule has 0 saturated carbocycles. The van der Waals surface area contributed by atoms with Gasteiger partial charge in [0, 0.05) is 16.9 Å². The zero-order valence-corrected chi connectivity index (χ0v) is 20.4. The Bertz CT molecular complexity index is 1550. The van der Waals surface area contributed by atoms with Gasteiger partial charge in [-0.2, -0.15) is 10.5 Å². The quantitative estimate of drug-likeness (QED) is 0.267. The summed E-state index contributed by atoms with van der Waals surface area (Å²) in [4.78, 5) is 8.53. The molecule has 0 fully saturated rings. The van der Waals surface area contributed by atoms with Crippen molar-refractivity contribution in [2.75, 3.05) is 18.9 Å². The second-order valence-electron chi connectivity index (χ2n) is 7.88. The lowest BCUT2D eigenvalue weighted by molar-refractivity contribution is 0.0536. The third kappa shape index (κ3) is 5.74. The Labute approximate surface area is 219 Å². The molecular formula is C26H19F2N5O4S. The summed E-state index contributed by atoms with van der Waals surface area (Å²) in [6.45, 7) is -0.544. The van der Waals surface area contributed by atoms with Gasteiger partial charge in [0.2, 0.25) is 5.89 Å². The fourth-order valence-electron chi connectivity index (χ4n) is 3.43. The number of aliphatic hydroxyl groups is 2. The van der Waals surface area contributed by atoms with Crippen molar-refractivity contribution in [1.29, 1.82) is 10.5 Å². The Morgan fingerprint density at radius 2 is 1.74 bits per heavy atom. The van der Waals surface area contributed by atoms with Gasteiger partial charge in [0.15, 0.2) is 11.6 Å². The third-order valence-electron chi connectivity index (χ3n) is 5.29. The van der Waals surface area contributed by atoms with Crippen LogP contribution in [0.25, 0.3) is 22.6 Å². The molecule has 0 amide bonds. The minimum Gasteiger partial charge on any atom is -0.491 e. The normalized spacial score (nSPS) is 11.5. The van der Waals surface area contributed by atoms with Gasteiger partial charge in [0.25, 0.3) is 0 Å². The molecule has 0 aliphatic rings. The van der Waals surface area contributed by atoms with Gasteiger partial charge < -0.3 is 25.1 Å². The van der Waals surface area contributed by atoms with Gasteiger partial charge in [-0.05, 0) is 35.9 Å². The number of oxazole rings is 1. The highest BCUT2D eigenvalue weighted by molar-refractivity contribution is 7.98. The minimum atomic E-state index is -1.03. The molecule has 0 saturated heterocycles. The lowest BCUT2D eigenvalue weighted by Gasteiger charge is -2.14. The summed E-state index contributed by atoms with van der Waals surface area (Å²) in [6.07, 6.45) is 0.331. The number of aliphatic hydroxyl groups excluding tert-OH is 2. The predicted octanol–water partition coefficient (Wildman–Crippen LogP) is 4.03. The topological polar surface area (TPSA) is 162 Å². The van der Waals surface area contributed by atoms with Crippen LogP contribution in [0.4, 0.5) is 14.6 Å². The summed E-state index contributed by atoms with van der Waals surface area (Å²) in [5.74, 6) is -1.34.